The highest BCUT2D eigenvalue weighted by Gasteiger charge is 2.42. The zero-order chi connectivity index (χ0) is 14.7. The fourth-order valence-electron chi connectivity index (χ4n) is 3.18. The average Bonchev–Trinajstić information content (AvgIpc) is 3.03. The second kappa shape index (κ2) is 6.54. The molecule has 0 aromatic rings. The van der Waals surface area contributed by atoms with Gasteiger partial charge in [-0.3, -0.25) is 9.59 Å². The molecule has 0 aromatic carbocycles. The predicted molar refractivity (Wildman–Crippen MR) is 73.3 cm³/mol. The Morgan fingerprint density at radius 1 is 1.35 bits per heavy atom. The molecule has 0 saturated carbocycles. The fraction of sp³-hybridized carbons (Fsp3) is 0.857. The Morgan fingerprint density at radius 2 is 2.10 bits per heavy atom. The quantitative estimate of drug-likeness (QED) is 0.760. The molecular formula is C14H24N2O4. The van der Waals surface area contributed by atoms with Gasteiger partial charge in [-0.2, -0.15) is 0 Å². The molecule has 6 heteroatoms. The summed E-state index contributed by atoms with van der Waals surface area (Å²) in [5.74, 6) is -1.45. The summed E-state index contributed by atoms with van der Waals surface area (Å²) in [6, 6.07) is -0.166. The van der Waals surface area contributed by atoms with Crippen molar-refractivity contribution >= 4 is 11.9 Å². The van der Waals surface area contributed by atoms with Gasteiger partial charge in [0.2, 0.25) is 5.91 Å². The summed E-state index contributed by atoms with van der Waals surface area (Å²) in [4.78, 5) is 25.8. The van der Waals surface area contributed by atoms with Crippen LogP contribution in [0.1, 0.15) is 26.7 Å². The molecular weight excluding hydrogens is 260 g/mol. The molecule has 2 saturated heterocycles. The van der Waals surface area contributed by atoms with E-state index in [4.69, 9.17) is 4.74 Å². The SMILES string of the molecule is CCCN(C(=O)C1CCNC1C)C1COCC1C(=O)O. The number of rotatable bonds is 5. The number of carbonyl (C=O) groups is 2. The van der Waals surface area contributed by atoms with Crippen molar-refractivity contribution in [2.75, 3.05) is 26.3 Å². The number of hydrogen-bond acceptors (Lipinski definition) is 4. The lowest BCUT2D eigenvalue weighted by molar-refractivity contribution is -0.146. The first-order chi connectivity index (χ1) is 9.56. The summed E-state index contributed by atoms with van der Waals surface area (Å²) in [6.07, 6.45) is 1.65. The van der Waals surface area contributed by atoms with E-state index in [0.29, 0.717) is 13.2 Å². The Kier molecular flexibility index (Phi) is 4.99. The maximum absolute atomic E-state index is 12.7. The number of carboxylic acid groups (broad SMARTS) is 1. The first kappa shape index (κ1) is 15.3. The molecule has 20 heavy (non-hydrogen) atoms. The van der Waals surface area contributed by atoms with E-state index in [1.165, 1.54) is 0 Å². The van der Waals surface area contributed by atoms with Crippen LogP contribution in [0.2, 0.25) is 0 Å². The van der Waals surface area contributed by atoms with Gasteiger partial charge in [0.05, 0.1) is 25.2 Å². The van der Waals surface area contributed by atoms with Crippen LogP contribution in [0.5, 0.6) is 0 Å². The molecule has 4 atom stereocenters. The number of hydrogen-bond donors (Lipinski definition) is 2. The van der Waals surface area contributed by atoms with Gasteiger partial charge in [-0.05, 0) is 26.3 Å². The minimum absolute atomic E-state index is 0.0448. The van der Waals surface area contributed by atoms with Crippen LogP contribution in [0.3, 0.4) is 0 Å². The molecule has 1 amide bonds. The summed E-state index contributed by atoms with van der Waals surface area (Å²) in [5.41, 5.74) is 0. The summed E-state index contributed by atoms with van der Waals surface area (Å²) in [6.45, 7) is 5.99. The van der Waals surface area contributed by atoms with Crippen LogP contribution in [-0.2, 0) is 14.3 Å². The maximum atomic E-state index is 12.7. The molecule has 0 radical (unpaired) electrons. The molecule has 4 unspecified atom stereocenters. The lowest BCUT2D eigenvalue weighted by atomic mass is 9.96. The van der Waals surface area contributed by atoms with Crippen LogP contribution in [0.4, 0.5) is 0 Å². The molecule has 2 heterocycles. The fourth-order valence-corrected chi connectivity index (χ4v) is 3.18. The molecule has 0 aromatic heterocycles. The second-order valence-electron chi connectivity index (χ2n) is 5.72. The third-order valence-corrected chi connectivity index (χ3v) is 4.36. The average molecular weight is 284 g/mol. The molecule has 114 valence electrons. The van der Waals surface area contributed by atoms with Crippen LogP contribution in [0.25, 0.3) is 0 Å². The number of nitrogens with one attached hydrogen (secondary N) is 1. The molecule has 6 nitrogen and oxygen atoms in total. The van der Waals surface area contributed by atoms with Gasteiger partial charge < -0.3 is 20.1 Å². The number of amides is 1. The highest BCUT2D eigenvalue weighted by molar-refractivity contribution is 5.81. The lowest BCUT2D eigenvalue weighted by Gasteiger charge is -2.33. The van der Waals surface area contributed by atoms with Crippen LogP contribution < -0.4 is 5.32 Å². The zero-order valence-corrected chi connectivity index (χ0v) is 12.2. The van der Waals surface area contributed by atoms with Gasteiger partial charge in [0, 0.05) is 12.6 Å². The Bertz CT molecular complexity index is 374. The first-order valence-corrected chi connectivity index (χ1v) is 7.40. The van der Waals surface area contributed by atoms with E-state index in [2.05, 4.69) is 5.32 Å². The Labute approximate surface area is 119 Å². The summed E-state index contributed by atoms with van der Waals surface area (Å²) in [5, 5.41) is 12.5. The smallest absolute Gasteiger partial charge is 0.311 e. The number of aliphatic carboxylic acids is 1. The van der Waals surface area contributed by atoms with E-state index in [1.54, 1.807) is 4.90 Å². The minimum atomic E-state index is -0.876. The van der Waals surface area contributed by atoms with E-state index in [0.717, 1.165) is 19.4 Å². The van der Waals surface area contributed by atoms with Crippen molar-refractivity contribution in [3.63, 3.8) is 0 Å². The van der Waals surface area contributed by atoms with Gasteiger partial charge in [0.25, 0.3) is 0 Å². The van der Waals surface area contributed by atoms with Gasteiger partial charge in [0.15, 0.2) is 0 Å². The van der Waals surface area contributed by atoms with E-state index in [9.17, 15) is 14.7 Å². The number of carbonyl (C=O) groups excluding carboxylic acids is 1. The van der Waals surface area contributed by atoms with Crippen LogP contribution in [0, 0.1) is 11.8 Å². The molecule has 2 rings (SSSR count). The van der Waals surface area contributed by atoms with Gasteiger partial charge in [-0.25, -0.2) is 0 Å². The Balaban J connectivity index is 2.13. The minimum Gasteiger partial charge on any atom is -0.481 e. The Hall–Kier alpha value is -1.14. The van der Waals surface area contributed by atoms with Gasteiger partial charge in [-0.1, -0.05) is 6.92 Å². The van der Waals surface area contributed by atoms with E-state index < -0.39 is 11.9 Å². The van der Waals surface area contributed by atoms with E-state index >= 15 is 0 Å². The normalized spacial score (nSPS) is 33.3. The standard InChI is InChI=1S/C14H24N2O4/c1-3-6-16(12-8-20-7-11(12)14(18)19)13(17)10-4-5-15-9(10)2/h9-12,15H,3-8H2,1-2H3,(H,18,19). The predicted octanol–water partition coefficient (Wildman–Crippen LogP) is 0.323. The van der Waals surface area contributed by atoms with Crippen molar-refractivity contribution in [1.29, 1.82) is 0 Å². The lowest BCUT2D eigenvalue weighted by Crippen LogP contribution is -2.50. The number of nitrogens with zero attached hydrogens (tertiary/aromatic N) is 1. The van der Waals surface area contributed by atoms with Crippen LogP contribution >= 0.6 is 0 Å². The number of ether oxygens (including phenoxy) is 1. The van der Waals surface area contributed by atoms with E-state index in [1.807, 2.05) is 13.8 Å². The van der Waals surface area contributed by atoms with Crippen molar-refractivity contribution in [1.82, 2.24) is 10.2 Å². The molecule has 0 aliphatic carbocycles. The Morgan fingerprint density at radius 3 is 2.65 bits per heavy atom. The highest BCUT2D eigenvalue weighted by atomic mass is 16.5. The topological polar surface area (TPSA) is 78.9 Å². The van der Waals surface area contributed by atoms with Gasteiger partial charge in [-0.15, -0.1) is 0 Å². The zero-order valence-electron chi connectivity index (χ0n) is 12.2. The van der Waals surface area contributed by atoms with Crippen molar-refractivity contribution < 1.29 is 19.4 Å². The monoisotopic (exact) mass is 284 g/mol. The molecule has 0 bridgehead atoms. The summed E-state index contributed by atoms with van der Waals surface area (Å²) < 4.78 is 5.31. The third-order valence-electron chi connectivity index (χ3n) is 4.36. The summed E-state index contributed by atoms with van der Waals surface area (Å²) >= 11 is 0. The second-order valence-corrected chi connectivity index (χ2v) is 5.72. The molecule has 2 aliphatic heterocycles. The molecule has 2 fully saturated rings. The van der Waals surface area contributed by atoms with Crippen molar-refractivity contribution in [2.45, 2.75) is 38.8 Å². The first-order valence-electron chi connectivity index (χ1n) is 7.40. The van der Waals surface area contributed by atoms with Crippen LogP contribution in [0.15, 0.2) is 0 Å². The van der Waals surface area contributed by atoms with Gasteiger partial charge in [0.1, 0.15) is 5.92 Å². The van der Waals surface area contributed by atoms with Crippen molar-refractivity contribution in [3.8, 4) is 0 Å². The van der Waals surface area contributed by atoms with Gasteiger partial charge >= 0.3 is 5.97 Å². The highest BCUT2D eigenvalue weighted by Crippen LogP contribution is 2.25. The molecule has 2 N–H and O–H groups in total. The van der Waals surface area contributed by atoms with E-state index in [-0.39, 0.29) is 30.5 Å². The molecule has 2 aliphatic rings. The third kappa shape index (κ3) is 2.96. The summed E-state index contributed by atoms with van der Waals surface area (Å²) in [7, 11) is 0. The molecule has 0 spiro atoms. The number of carboxylic acids is 1. The largest absolute Gasteiger partial charge is 0.481 e. The maximum Gasteiger partial charge on any atom is 0.311 e. The van der Waals surface area contributed by atoms with Crippen molar-refractivity contribution in [3.05, 3.63) is 0 Å². The van der Waals surface area contributed by atoms with Crippen LogP contribution in [-0.4, -0.2) is 60.3 Å². The van der Waals surface area contributed by atoms with Crippen molar-refractivity contribution in [2.24, 2.45) is 11.8 Å².